The fourth-order valence-corrected chi connectivity index (χ4v) is 3.45. The quantitative estimate of drug-likeness (QED) is 0.188. The third kappa shape index (κ3) is 4.37. The largest absolute Gasteiger partial charge is 0.213 e. The highest BCUT2D eigenvalue weighted by Gasteiger charge is 2.22. The second-order valence-corrected chi connectivity index (χ2v) is 8.18. The van der Waals surface area contributed by atoms with Crippen molar-refractivity contribution in [2.24, 2.45) is 10.2 Å². The van der Waals surface area contributed by atoms with Crippen molar-refractivity contribution < 1.29 is 0 Å². The van der Waals surface area contributed by atoms with Crippen LogP contribution in [0, 0.1) is 0 Å². The summed E-state index contributed by atoms with van der Waals surface area (Å²) in [5.74, 6) is 0. The monoisotopic (exact) mass is 478 g/mol. The minimum Gasteiger partial charge on any atom is -0.213 e. The van der Waals surface area contributed by atoms with Gasteiger partial charge >= 0.3 is 0 Å². The minimum atomic E-state index is 0.339. The van der Waals surface area contributed by atoms with E-state index in [1.165, 1.54) is 0 Å². The fraction of sp³-hybridized carbons (Fsp3) is 0. The summed E-state index contributed by atoms with van der Waals surface area (Å²) < 4.78 is 2.96. The highest BCUT2D eigenvalue weighted by Crippen LogP contribution is 2.40. The predicted octanol–water partition coefficient (Wildman–Crippen LogP) is 7.46. The van der Waals surface area contributed by atoms with Crippen LogP contribution in [0.3, 0.4) is 0 Å². The first-order valence-electron chi connectivity index (χ1n) is 8.78. The molecule has 0 N–H and O–H groups in total. The summed E-state index contributed by atoms with van der Waals surface area (Å²) in [6, 6.07) is 27.4. The van der Waals surface area contributed by atoms with Gasteiger partial charge in [0.15, 0.2) is 4.32 Å². The van der Waals surface area contributed by atoms with Gasteiger partial charge in [0.25, 0.3) is 0 Å². The summed E-state index contributed by atoms with van der Waals surface area (Å²) in [6.45, 7) is 0. The van der Waals surface area contributed by atoms with E-state index in [0.29, 0.717) is 15.7 Å². The van der Waals surface area contributed by atoms with Gasteiger partial charge in [0, 0.05) is 15.6 Å². The number of azo groups is 1. The second-order valence-electron chi connectivity index (χ2n) is 6.15. The number of rotatable bonds is 4. The van der Waals surface area contributed by atoms with E-state index in [-0.39, 0.29) is 0 Å². The van der Waals surface area contributed by atoms with Gasteiger partial charge in [-0.1, -0.05) is 88.8 Å². The average Bonchev–Trinajstić information content (AvgIpc) is 3.14. The third-order valence-electron chi connectivity index (χ3n) is 4.23. The Hall–Kier alpha value is -2.61. The SMILES string of the molecule is S=C(S)n1nc(-c2ccccc2)c(N=Nc2ccc(Br)cc2)c1-c1ccccc1. The van der Waals surface area contributed by atoms with Crippen LogP contribution in [0.2, 0.25) is 0 Å². The molecule has 0 aliphatic carbocycles. The Balaban J connectivity index is 1.94. The molecule has 0 unspecified atom stereocenters. The molecule has 4 rings (SSSR count). The summed E-state index contributed by atoms with van der Waals surface area (Å²) in [5.41, 5.74) is 4.70. The topological polar surface area (TPSA) is 42.5 Å². The standard InChI is InChI=1S/C22H15BrN4S2/c23-17-11-13-18(14-12-17)24-25-20-19(15-7-3-1-4-8-15)26-27(22(28)29)21(20)16-9-5-2-6-10-16/h1-14H,(H,28,29). The smallest absolute Gasteiger partial charge is 0.158 e. The zero-order chi connectivity index (χ0) is 20.2. The number of thiocarbonyl (C=S) groups is 1. The van der Waals surface area contributed by atoms with Gasteiger partial charge in [-0.3, -0.25) is 0 Å². The van der Waals surface area contributed by atoms with Crippen molar-refractivity contribution in [1.29, 1.82) is 0 Å². The third-order valence-corrected chi connectivity index (χ3v) is 5.12. The Labute approximate surface area is 187 Å². The molecule has 7 heteroatoms. The molecule has 3 aromatic carbocycles. The van der Waals surface area contributed by atoms with Crippen molar-refractivity contribution >= 4 is 56.5 Å². The molecule has 4 aromatic rings. The molecule has 0 aliphatic rings. The predicted molar refractivity (Wildman–Crippen MR) is 128 cm³/mol. The van der Waals surface area contributed by atoms with Crippen LogP contribution in [0.15, 0.2) is 99.6 Å². The molecule has 29 heavy (non-hydrogen) atoms. The van der Waals surface area contributed by atoms with Crippen LogP contribution in [-0.4, -0.2) is 14.1 Å². The zero-order valence-corrected chi connectivity index (χ0v) is 18.4. The molecule has 0 amide bonds. The number of hydrogen-bond donors (Lipinski definition) is 1. The Morgan fingerprint density at radius 3 is 2.00 bits per heavy atom. The van der Waals surface area contributed by atoms with E-state index in [1.54, 1.807) is 4.68 Å². The van der Waals surface area contributed by atoms with Gasteiger partial charge < -0.3 is 0 Å². The van der Waals surface area contributed by atoms with Gasteiger partial charge in [-0.15, -0.1) is 17.7 Å². The van der Waals surface area contributed by atoms with Crippen LogP contribution in [0.1, 0.15) is 0 Å². The number of aromatic nitrogens is 2. The maximum Gasteiger partial charge on any atom is 0.158 e. The van der Waals surface area contributed by atoms with E-state index < -0.39 is 0 Å². The molecule has 0 saturated heterocycles. The van der Waals surface area contributed by atoms with Crippen molar-refractivity contribution in [3.8, 4) is 22.5 Å². The molecular weight excluding hydrogens is 464 g/mol. The lowest BCUT2D eigenvalue weighted by atomic mass is 10.1. The second kappa shape index (κ2) is 8.82. The average molecular weight is 479 g/mol. The highest BCUT2D eigenvalue weighted by atomic mass is 79.9. The number of nitrogens with zero attached hydrogens (tertiary/aromatic N) is 4. The maximum absolute atomic E-state index is 5.35. The lowest BCUT2D eigenvalue weighted by Gasteiger charge is -2.05. The molecule has 0 spiro atoms. The van der Waals surface area contributed by atoms with E-state index in [2.05, 4.69) is 38.8 Å². The van der Waals surface area contributed by atoms with Gasteiger partial charge in [-0.2, -0.15) is 10.2 Å². The number of benzene rings is 3. The number of halogens is 1. The summed E-state index contributed by atoms with van der Waals surface area (Å²) in [7, 11) is 0. The maximum atomic E-state index is 5.35. The summed E-state index contributed by atoms with van der Waals surface area (Å²) in [4.78, 5) is 0. The van der Waals surface area contributed by atoms with Crippen LogP contribution >= 0.6 is 40.8 Å². The van der Waals surface area contributed by atoms with E-state index in [0.717, 1.165) is 27.0 Å². The lowest BCUT2D eigenvalue weighted by Crippen LogP contribution is -2.05. The molecular formula is C22H15BrN4S2. The van der Waals surface area contributed by atoms with Gasteiger partial charge in [0.05, 0.1) is 5.69 Å². The normalized spacial score (nSPS) is 11.1. The first-order chi connectivity index (χ1) is 14.1. The van der Waals surface area contributed by atoms with Crippen LogP contribution in [0.25, 0.3) is 22.5 Å². The molecule has 0 atom stereocenters. The molecule has 4 nitrogen and oxygen atoms in total. The van der Waals surface area contributed by atoms with E-state index in [4.69, 9.17) is 17.3 Å². The molecule has 0 aliphatic heterocycles. The Kier molecular flexibility index (Phi) is 5.99. The van der Waals surface area contributed by atoms with E-state index >= 15 is 0 Å². The van der Waals surface area contributed by atoms with Crippen molar-refractivity contribution in [3.05, 3.63) is 89.4 Å². The van der Waals surface area contributed by atoms with Crippen molar-refractivity contribution in [2.75, 3.05) is 0 Å². The molecule has 0 radical (unpaired) electrons. The van der Waals surface area contributed by atoms with Gasteiger partial charge in [-0.05, 0) is 24.3 Å². The van der Waals surface area contributed by atoms with Crippen LogP contribution in [0.4, 0.5) is 11.4 Å². The highest BCUT2D eigenvalue weighted by molar-refractivity contribution is 9.10. The molecule has 0 bridgehead atoms. The van der Waals surface area contributed by atoms with Crippen molar-refractivity contribution in [1.82, 2.24) is 9.78 Å². The van der Waals surface area contributed by atoms with E-state index in [1.807, 2.05) is 84.9 Å². The molecule has 0 saturated carbocycles. The lowest BCUT2D eigenvalue weighted by molar-refractivity contribution is 0.976. The van der Waals surface area contributed by atoms with Crippen LogP contribution in [0.5, 0.6) is 0 Å². The van der Waals surface area contributed by atoms with Crippen molar-refractivity contribution in [2.45, 2.75) is 0 Å². The minimum absolute atomic E-state index is 0.339. The molecule has 1 heterocycles. The fourth-order valence-electron chi connectivity index (χ4n) is 2.90. The first-order valence-corrected chi connectivity index (χ1v) is 10.4. The first kappa shape index (κ1) is 19.7. The van der Waals surface area contributed by atoms with Crippen LogP contribution < -0.4 is 0 Å². The summed E-state index contributed by atoms with van der Waals surface area (Å²) >= 11 is 13.2. The zero-order valence-electron chi connectivity index (χ0n) is 15.1. The Morgan fingerprint density at radius 1 is 0.828 bits per heavy atom. The molecule has 0 fully saturated rings. The number of thiol groups is 1. The molecule has 142 valence electrons. The van der Waals surface area contributed by atoms with Gasteiger partial charge in [0.2, 0.25) is 0 Å². The number of hydrogen-bond acceptors (Lipinski definition) is 4. The van der Waals surface area contributed by atoms with Crippen molar-refractivity contribution in [3.63, 3.8) is 0 Å². The van der Waals surface area contributed by atoms with Gasteiger partial charge in [0.1, 0.15) is 17.1 Å². The van der Waals surface area contributed by atoms with Crippen LogP contribution in [-0.2, 0) is 0 Å². The van der Waals surface area contributed by atoms with E-state index in [9.17, 15) is 0 Å². The summed E-state index contributed by atoms with van der Waals surface area (Å²) in [5, 5.41) is 13.8. The Bertz CT molecular complexity index is 1170. The van der Waals surface area contributed by atoms with Gasteiger partial charge in [-0.25, -0.2) is 4.68 Å². The molecule has 1 aromatic heterocycles. The summed E-state index contributed by atoms with van der Waals surface area (Å²) in [6.07, 6.45) is 0. The Morgan fingerprint density at radius 2 is 1.41 bits per heavy atom.